The van der Waals surface area contributed by atoms with Crippen molar-refractivity contribution >= 4 is 29.0 Å². The van der Waals surface area contributed by atoms with Crippen LogP contribution in [0.5, 0.6) is 0 Å². The summed E-state index contributed by atoms with van der Waals surface area (Å²) in [6.45, 7) is 1.07. The Kier molecular flexibility index (Phi) is 3.12. The van der Waals surface area contributed by atoms with Gasteiger partial charge in [-0.1, -0.05) is 11.6 Å². The maximum absolute atomic E-state index is 9.50. The number of rotatable bonds is 2. The lowest BCUT2D eigenvalue weighted by Gasteiger charge is -2.40. The van der Waals surface area contributed by atoms with Crippen molar-refractivity contribution in [2.75, 3.05) is 18.1 Å². The number of aliphatic hydroxyl groups excluding tert-OH is 1. The van der Waals surface area contributed by atoms with Crippen molar-refractivity contribution in [3.8, 4) is 0 Å². The average molecular weight is 288 g/mol. The second-order valence-corrected chi connectivity index (χ2v) is 6.05. The van der Waals surface area contributed by atoms with E-state index in [-0.39, 0.29) is 17.9 Å². The molecule has 2 fully saturated rings. The highest BCUT2D eigenvalue weighted by Crippen LogP contribution is 2.53. The van der Waals surface area contributed by atoms with E-state index in [1.807, 2.05) is 0 Å². The summed E-state index contributed by atoms with van der Waals surface area (Å²) in [4.78, 5) is 10.2. The molecule has 0 bridgehead atoms. The van der Waals surface area contributed by atoms with Gasteiger partial charge in [0.25, 0.3) is 0 Å². The molecular formula is C12H15Cl2N3O. The Morgan fingerprint density at radius 1 is 1.33 bits per heavy atom. The molecule has 1 spiro atoms. The molecule has 1 aromatic heterocycles. The number of hydrogen-bond donors (Lipinski definition) is 1. The van der Waals surface area contributed by atoms with E-state index in [2.05, 4.69) is 14.9 Å². The van der Waals surface area contributed by atoms with Gasteiger partial charge in [-0.05, 0) is 42.7 Å². The van der Waals surface area contributed by atoms with Crippen molar-refractivity contribution in [1.82, 2.24) is 9.97 Å². The van der Waals surface area contributed by atoms with Gasteiger partial charge in [0, 0.05) is 12.6 Å². The summed E-state index contributed by atoms with van der Waals surface area (Å²) in [6, 6.07) is 1.83. The third-order valence-electron chi connectivity index (χ3n) is 4.07. The number of hydrogen-bond acceptors (Lipinski definition) is 4. The van der Waals surface area contributed by atoms with Crippen LogP contribution in [0.25, 0.3) is 0 Å². The lowest BCUT2D eigenvalue weighted by atomic mass is 9.90. The molecule has 3 rings (SSSR count). The quantitative estimate of drug-likeness (QED) is 0.671. The Bertz CT molecular complexity index is 444. The Balaban J connectivity index is 1.90. The molecule has 4 nitrogen and oxygen atoms in total. The third-order valence-corrected chi connectivity index (χ3v) is 4.43. The van der Waals surface area contributed by atoms with Crippen LogP contribution in [0.4, 0.5) is 5.82 Å². The normalized spacial score (nSPS) is 25.5. The smallest absolute Gasteiger partial charge is 0.225 e. The van der Waals surface area contributed by atoms with Crippen LogP contribution in [0, 0.1) is 5.41 Å². The first-order valence-electron chi connectivity index (χ1n) is 6.19. The highest BCUT2D eigenvalue weighted by molar-refractivity contribution is 6.32. The minimum atomic E-state index is 0.109. The minimum Gasteiger partial charge on any atom is -0.394 e. The van der Waals surface area contributed by atoms with Crippen LogP contribution in [0.15, 0.2) is 6.07 Å². The molecule has 6 heteroatoms. The molecule has 1 aliphatic heterocycles. The largest absolute Gasteiger partial charge is 0.394 e. The predicted octanol–water partition coefficient (Wildman–Crippen LogP) is 2.52. The summed E-state index contributed by atoms with van der Waals surface area (Å²) in [5, 5.41) is 10.0. The van der Waals surface area contributed by atoms with Gasteiger partial charge >= 0.3 is 0 Å². The SMILES string of the molecule is OC[C@@H]1CCC2(CC2)CN1c1cc(Cl)nc(Cl)n1. The number of aromatic nitrogens is 2. The van der Waals surface area contributed by atoms with Gasteiger partial charge in [0.05, 0.1) is 12.6 Å². The van der Waals surface area contributed by atoms with E-state index in [4.69, 9.17) is 23.2 Å². The molecule has 2 heterocycles. The maximum atomic E-state index is 9.50. The molecule has 1 saturated carbocycles. The minimum absolute atomic E-state index is 0.109. The summed E-state index contributed by atoms with van der Waals surface area (Å²) in [5.41, 5.74) is 0.440. The van der Waals surface area contributed by atoms with Gasteiger partial charge < -0.3 is 10.0 Å². The number of nitrogens with zero attached hydrogens (tertiary/aromatic N) is 3. The number of anilines is 1. The molecule has 98 valence electrons. The lowest BCUT2D eigenvalue weighted by Crippen LogP contribution is -2.46. The van der Waals surface area contributed by atoms with Crippen molar-refractivity contribution in [1.29, 1.82) is 0 Å². The molecular weight excluding hydrogens is 273 g/mol. The molecule has 18 heavy (non-hydrogen) atoms. The van der Waals surface area contributed by atoms with Crippen molar-refractivity contribution in [2.24, 2.45) is 5.41 Å². The zero-order chi connectivity index (χ0) is 12.8. The topological polar surface area (TPSA) is 49.2 Å². The third kappa shape index (κ3) is 2.29. The van der Waals surface area contributed by atoms with E-state index in [9.17, 15) is 5.11 Å². The van der Waals surface area contributed by atoms with Crippen LogP contribution in [-0.4, -0.2) is 34.3 Å². The van der Waals surface area contributed by atoms with Crippen LogP contribution in [0.2, 0.25) is 10.4 Å². The second-order valence-electron chi connectivity index (χ2n) is 5.32. The molecule has 0 amide bonds. The molecule has 0 aromatic carbocycles. The molecule has 1 atom stereocenters. The van der Waals surface area contributed by atoms with Gasteiger partial charge in [0.1, 0.15) is 11.0 Å². The fraction of sp³-hybridized carbons (Fsp3) is 0.667. The molecule has 0 unspecified atom stereocenters. The summed E-state index contributed by atoms with van der Waals surface area (Å²) in [7, 11) is 0. The van der Waals surface area contributed by atoms with E-state index in [1.165, 1.54) is 19.3 Å². The fourth-order valence-electron chi connectivity index (χ4n) is 2.77. The van der Waals surface area contributed by atoms with E-state index in [0.29, 0.717) is 10.6 Å². The van der Waals surface area contributed by atoms with E-state index in [0.717, 1.165) is 18.8 Å². The van der Waals surface area contributed by atoms with Gasteiger partial charge in [-0.2, -0.15) is 0 Å². The number of halogens is 2. The molecule has 1 N–H and O–H groups in total. The number of piperidine rings is 1. The second kappa shape index (κ2) is 4.51. The van der Waals surface area contributed by atoms with Crippen LogP contribution < -0.4 is 4.90 Å². The molecule has 1 saturated heterocycles. The first kappa shape index (κ1) is 12.5. The summed E-state index contributed by atoms with van der Waals surface area (Å²) >= 11 is 11.8. The van der Waals surface area contributed by atoms with E-state index in [1.54, 1.807) is 6.07 Å². The van der Waals surface area contributed by atoms with Gasteiger partial charge in [0.2, 0.25) is 5.28 Å². The summed E-state index contributed by atoms with van der Waals surface area (Å²) < 4.78 is 0. The highest BCUT2D eigenvalue weighted by Gasteiger charge is 2.48. The zero-order valence-corrected chi connectivity index (χ0v) is 11.5. The molecule has 0 radical (unpaired) electrons. The van der Waals surface area contributed by atoms with Crippen molar-refractivity contribution < 1.29 is 5.11 Å². The summed E-state index contributed by atoms with van der Waals surface area (Å²) in [5.74, 6) is 0.727. The van der Waals surface area contributed by atoms with Crippen molar-refractivity contribution in [3.63, 3.8) is 0 Å². The van der Waals surface area contributed by atoms with Gasteiger partial charge in [0.15, 0.2) is 0 Å². The fourth-order valence-corrected chi connectivity index (χ4v) is 3.17. The van der Waals surface area contributed by atoms with Gasteiger partial charge in [-0.25, -0.2) is 9.97 Å². The maximum Gasteiger partial charge on any atom is 0.225 e. The monoisotopic (exact) mass is 287 g/mol. The molecule has 2 aliphatic rings. The average Bonchev–Trinajstić information content (AvgIpc) is 3.07. The lowest BCUT2D eigenvalue weighted by molar-refractivity contribution is 0.216. The highest BCUT2D eigenvalue weighted by atomic mass is 35.5. The predicted molar refractivity (Wildman–Crippen MR) is 71.2 cm³/mol. The Labute approximate surface area is 116 Å². The first-order valence-corrected chi connectivity index (χ1v) is 6.95. The van der Waals surface area contributed by atoms with E-state index < -0.39 is 0 Å². The van der Waals surface area contributed by atoms with Crippen LogP contribution in [-0.2, 0) is 0 Å². The van der Waals surface area contributed by atoms with Crippen LogP contribution in [0.1, 0.15) is 25.7 Å². The van der Waals surface area contributed by atoms with E-state index >= 15 is 0 Å². The van der Waals surface area contributed by atoms with Gasteiger partial charge in [-0.3, -0.25) is 0 Å². The van der Waals surface area contributed by atoms with Crippen molar-refractivity contribution in [3.05, 3.63) is 16.5 Å². The zero-order valence-electron chi connectivity index (χ0n) is 9.94. The standard InChI is InChI=1S/C12H15Cl2N3O/c13-9-5-10(16-11(14)15-9)17-7-12(3-4-12)2-1-8(17)6-18/h5,8,18H,1-4,6-7H2/t8-/m0/s1. The Morgan fingerprint density at radius 2 is 2.11 bits per heavy atom. The van der Waals surface area contributed by atoms with Crippen LogP contribution in [0.3, 0.4) is 0 Å². The Morgan fingerprint density at radius 3 is 2.72 bits per heavy atom. The van der Waals surface area contributed by atoms with Crippen LogP contribution >= 0.6 is 23.2 Å². The number of aliphatic hydroxyl groups is 1. The van der Waals surface area contributed by atoms with Gasteiger partial charge in [-0.15, -0.1) is 0 Å². The summed E-state index contributed by atoms with van der Waals surface area (Å²) in [6.07, 6.45) is 4.74. The Hall–Kier alpha value is -0.580. The molecule has 1 aromatic rings. The first-order chi connectivity index (χ1) is 8.62. The van der Waals surface area contributed by atoms with Crippen molar-refractivity contribution in [2.45, 2.75) is 31.7 Å². The molecule has 1 aliphatic carbocycles.